The van der Waals surface area contributed by atoms with Gasteiger partial charge < -0.3 is 28.6 Å². The third-order valence-corrected chi connectivity index (χ3v) is 10.1. The van der Waals surface area contributed by atoms with Crippen LogP contribution in [0.5, 0.6) is 5.75 Å². The number of hydrogen-bond donors (Lipinski definition) is 1. The predicted molar refractivity (Wildman–Crippen MR) is 232 cm³/mol. The molecule has 4 aromatic carbocycles. The molecule has 0 aliphatic rings. The molecular weight excluding hydrogens is 761 g/mol. The van der Waals surface area contributed by atoms with Crippen molar-refractivity contribution < 1.29 is 38.4 Å². The maximum Gasteiger partial charge on any atom is 0.420 e. The SMILES string of the molecule is CCOC(=O)c1c(CCCOc2cccc3ccccc23)c2cccc(-c3c(CO)nn(C)c3C)c2n1Cc1ccccc1CN(C(=O)OC(C)(C)C)C(=O)OC(C)(C)C. The number of aliphatic hydroxyl groups excluding tert-OH is 1. The van der Waals surface area contributed by atoms with Gasteiger partial charge in [0, 0.05) is 41.2 Å². The average molecular weight is 817 g/mol. The summed E-state index contributed by atoms with van der Waals surface area (Å²) in [5.41, 5.74) is 4.44. The van der Waals surface area contributed by atoms with Crippen molar-refractivity contribution in [1.82, 2.24) is 19.2 Å². The topological polar surface area (TPSA) is 134 Å². The van der Waals surface area contributed by atoms with Crippen molar-refractivity contribution in [2.75, 3.05) is 13.2 Å². The summed E-state index contributed by atoms with van der Waals surface area (Å²) in [5.74, 6) is 0.298. The Morgan fingerprint density at radius 1 is 0.800 bits per heavy atom. The fraction of sp³-hybridized carbons (Fsp3) is 0.375. The van der Waals surface area contributed by atoms with Crippen LogP contribution in [0.4, 0.5) is 9.59 Å². The number of ether oxygens (including phenoxy) is 4. The molecule has 0 saturated carbocycles. The van der Waals surface area contributed by atoms with Crippen LogP contribution in [0.1, 0.15) is 93.5 Å². The van der Waals surface area contributed by atoms with E-state index in [-0.39, 0.29) is 26.3 Å². The first-order valence-electron chi connectivity index (χ1n) is 20.4. The first kappa shape index (κ1) is 43.4. The Bertz CT molecular complexity index is 2490. The smallest absolute Gasteiger partial charge is 0.420 e. The highest BCUT2D eigenvalue weighted by Gasteiger charge is 2.33. The molecule has 0 saturated heterocycles. The molecule has 0 spiro atoms. The lowest BCUT2D eigenvalue weighted by atomic mass is 9.98. The van der Waals surface area contributed by atoms with Crippen LogP contribution in [0.15, 0.2) is 84.9 Å². The van der Waals surface area contributed by atoms with Gasteiger partial charge in [-0.2, -0.15) is 5.10 Å². The van der Waals surface area contributed by atoms with E-state index in [2.05, 4.69) is 17.2 Å². The lowest BCUT2D eigenvalue weighted by Gasteiger charge is -2.29. The van der Waals surface area contributed by atoms with Gasteiger partial charge in [0.15, 0.2) is 0 Å². The molecular formula is C48H56N4O8. The Balaban J connectivity index is 1.49. The Morgan fingerprint density at radius 3 is 2.08 bits per heavy atom. The average Bonchev–Trinajstić information content (AvgIpc) is 3.66. The number of benzene rings is 4. The quantitative estimate of drug-likeness (QED) is 0.0687. The minimum atomic E-state index is -0.875. The van der Waals surface area contributed by atoms with E-state index >= 15 is 0 Å². The zero-order valence-electron chi connectivity index (χ0n) is 36.1. The Morgan fingerprint density at radius 2 is 1.42 bits per heavy atom. The van der Waals surface area contributed by atoms with Crippen LogP contribution in [0.3, 0.4) is 0 Å². The molecule has 6 aromatic rings. The number of esters is 1. The molecule has 0 fully saturated rings. The summed E-state index contributed by atoms with van der Waals surface area (Å²) in [6.07, 6.45) is -0.616. The molecule has 0 aliphatic carbocycles. The van der Waals surface area contributed by atoms with Crippen LogP contribution < -0.4 is 4.74 Å². The lowest BCUT2D eigenvalue weighted by Crippen LogP contribution is -2.43. The highest BCUT2D eigenvalue weighted by molar-refractivity contribution is 6.05. The molecule has 2 heterocycles. The summed E-state index contributed by atoms with van der Waals surface area (Å²) >= 11 is 0. The van der Waals surface area contributed by atoms with Gasteiger partial charge in [0.2, 0.25) is 0 Å². The minimum absolute atomic E-state index is 0.157. The second-order valence-electron chi connectivity index (χ2n) is 16.8. The van der Waals surface area contributed by atoms with E-state index < -0.39 is 29.4 Å². The maximum absolute atomic E-state index is 14.3. The van der Waals surface area contributed by atoms with Gasteiger partial charge in [-0.25, -0.2) is 19.3 Å². The summed E-state index contributed by atoms with van der Waals surface area (Å²) in [4.78, 5) is 42.6. The number of fused-ring (bicyclic) bond motifs is 2. The molecule has 0 radical (unpaired) electrons. The number of rotatable bonds is 13. The normalized spacial score (nSPS) is 11.8. The van der Waals surface area contributed by atoms with Crippen LogP contribution >= 0.6 is 0 Å². The molecule has 1 N–H and O–H groups in total. The van der Waals surface area contributed by atoms with Gasteiger partial charge in [-0.3, -0.25) is 4.68 Å². The first-order chi connectivity index (χ1) is 28.5. The van der Waals surface area contributed by atoms with Crippen molar-refractivity contribution >= 4 is 39.8 Å². The second kappa shape index (κ2) is 18.0. The number of aryl methyl sites for hydroxylation is 2. The number of hydrogen-bond acceptors (Lipinski definition) is 9. The molecule has 60 heavy (non-hydrogen) atoms. The van der Waals surface area contributed by atoms with Crippen molar-refractivity contribution in [3.8, 4) is 16.9 Å². The molecule has 0 aliphatic heterocycles. The monoisotopic (exact) mass is 816 g/mol. The molecule has 0 bridgehead atoms. The molecule has 2 aromatic heterocycles. The fourth-order valence-corrected chi connectivity index (χ4v) is 7.46. The van der Waals surface area contributed by atoms with Crippen LogP contribution in [0.2, 0.25) is 0 Å². The molecule has 0 atom stereocenters. The molecule has 0 unspecified atom stereocenters. The number of aliphatic hydroxyl groups is 1. The molecule has 12 nitrogen and oxygen atoms in total. The zero-order valence-corrected chi connectivity index (χ0v) is 36.1. The number of imide groups is 1. The van der Waals surface area contributed by atoms with Crippen molar-refractivity contribution in [2.24, 2.45) is 7.05 Å². The van der Waals surface area contributed by atoms with Crippen molar-refractivity contribution in [2.45, 2.75) is 99.1 Å². The van der Waals surface area contributed by atoms with Crippen LogP contribution in [-0.4, -0.2) is 66.9 Å². The van der Waals surface area contributed by atoms with E-state index in [4.69, 9.17) is 18.9 Å². The summed E-state index contributed by atoms with van der Waals surface area (Å²) in [7, 11) is 1.83. The van der Waals surface area contributed by atoms with Crippen molar-refractivity contribution in [1.29, 1.82) is 0 Å². The lowest BCUT2D eigenvalue weighted by molar-refractivity contribution is -0.000328. The maximum atomic E-state index is 14.3. The van der Waals surface area contributed by atoms with Crippen LogP contribution in [-0.2, 0) is 47.4 Å². The van der Waals surface area contributed by atoms with Gasteiger partial charge in [0.25, 0.3) is 0 Å². The molecule has 12 heteroatoms. The largest absolute Gasteiger partial charge is 0.493 e. The Labute approximate surface area is 351 Å². The third kappa shape index (κ3) is 9.66. The molecule has 2 amide bonds. The number of aromatic nitrogens is 3. The summed E-state index contributed by atoms with van der Waals surface area (Å²) in [5, 5.41) is 18.1. The number of nitrogens with zero attached hydrogens (tertiary/aromatic N) is 4. The summed E-state index contributed by atoms with van der Waals surface area (Å²) < 4.78 is 27.2. The highest BCUT2D eigenvalue weighted by Crippen LogP contribution is 2.39. The number of para-hydroxylation sites is 1. The Hall–Kier alpha value is -6.14. The van der Waals surface area contributed by atoms with Crippen LogP contribution in [0, 0.1) is 6.92 Å². The molecule has 6 rings (SSSR count). The molecule has 316 valence electrons. The van der Waals surface area contributed by atoms with E-state index in [9.17, 15) is 19.5 Å². The van der Waals surface area contributed by atoms with Gasteiger partial charge in [-0.05, 0) is 96.4 Å². The second-order valence-corrected chi connectivity index (χ2v) is 16.8. The van der Waals surface area contributed by atoms with Gasteiger partial charge in [-0.15, -0.1) is 0 Å². The predicted octanol–water partition coefficient (Wildman–Crippen LogP) is 9.90. The van der Waals surface area contributed by atoms with Crippen molar-refractivity contribution in [3.05, 3.63) is 119 Å². The van der Waals surface area contributed by atoms with E-state index in [0.29, 0.717) is 36.4 Å². The standard InChI is InChI=1S/C48H56N4O8/c1-10-57-44(54)43-37(25-17-27-58-40-26-15-21-32-18-13-14-22-35(32)40)36-23-16-24-38(41-31(2)50(9)49-39(41)30-53)42(36)51(43)28-33-19-11-12-20-34(33)29-52(45(55)59-47(3,4)5)46(56)60-48(6,7)8/h11-16,18-24,26,53H,10,17,25,27-30H2,1-9H3. The minimum Gasteiger partial charge on any atom is -0.493 e. The van der Waals surface area contributed by atoms with E-state index in [1.54, 1.807) is 53.1 Å². The third-order valence-electron chi connectivity index (χ3n) is 10.1. The van der Waals surface area contributed by atoms with Gasteiger partial charge >= 0.3 is 18.2 Å². The van der Waals surface area contributed by atoms with E-state index in [0.717, 1.165) is 60.3 Å². The Kier molecular flexibility index (Phi) is 13.0. The highest BCUT2D eigenvalue weighted by atomic mass is 16.6. The van der Waals surface area contributed by atoms with Crippen LogP contribution in [0.25, 0.3) is 32.8 Å². The van der Waals surface area contributed by atoms with Gasteiger partial charge in [0.1, 0.15) is 22.6 Å². The number of carbonyl (C=O) groups is 3. The number of carbonyl (C=O) groups excluding carboxylic acids is 3. The zero-order chi connectivity index (χ0) is 43.4. The first-order valence-corrected chi connectivity index (χ1v) is 20.4. The summed E-state index contributed by atoms with van der Waals surface area (Å²) in [6.45, 7) is 14.4. The van der Waals surface area contributed by atoms with Gasteiger partial charge in [-0.1, -0.05) is 78.9 Å². The van der Waals surface area contributed by atoms with Crippen molar-refractivity contribution in [3.63, 3.8) is 0 Å². The fourth-order valence-electron chi connectivity index (χ4n) is 7.46. The number of amides is 2. The van der Waals surface area contributed by atoms with E-state index in [1.165, 1.54) is 0 Å². The van der Waals surface area contributed by atoms with Gasteiger partial charge in [0.05, 0.1) is 37.6 Å². The van der Waals surface area contributed by atoms with E-state index in [1.807, 2.05) is 91.3 Å². The summed E-state index contributed by atoms with van der Waals surface area (Å²) in [6, 6.07) is 27.5.